The molecule has 0 saturated heterocycles. The minimum Gasteiger partial charge on any atom is -0.462 e. The number of carbonyl (C=O) groups is 3. The van der Waals surface area contributed by atoms with Gasteiger partial charge in [0.1, 0.15) is 17.3 Å². The van der Waals surface area contributed by atoms with Crippen LogP contribution in [-0.4, -0.2) is 24.5 Å². The largest absolute Gasteiger partial charge is 0.462 e. The molecule has 3 aromatic carbocycles. The molecular weight excluding hydrogens is 427 g/mol. The van der Waals surface area contributed by atoms with E-state index >= 15 is 0 Å². The number of benzene rings is 3. The minimum absolute atomic E-state index is 0.00728. The van der Waals surface area contributed by atoms with Gasteiger partial charge in [0.2, 0.25) is 0 Å². The van der Waals surface area contributed by atoms with Gasteiger partial charge in [0.15, 0.2) is 0 Å². The van der Waals surface area contributed by atoms with E-state index in [-0.39, 0.29) is 29.9 Å². The number of hydrogen-bond donors (Lipinski definition) is 0. The van der Waals surface area contributed by atoms with E-state index in [1.165, 1.54) is 19.1 Å². The Labute approximate surface area is 189 Å². The number of hydrogen-bond acceptors (Lipinski definition) is 6. The minimum atomic E-state index is -0.651. The van der Waals surface area contributed by atoms with Gasteiger partial charge in [0.25, 0.3) is 0 Å². The molecule has 3 rings (SSSR count). The zero-order valence-corrected chi connectivity index (χ0v) is 17.9. The fraction of sp³-hybridized carbons (Fsp3) is 0.115. The Morgan fingerprint density at radius 3 is 2.30 bits per heavy atom. The molecule has 0 saturated carbocycles. The first-order valence-electron chi connectivity index (χ1n) is 9.98. The summed E-state index contributed by atoms with van der Waals surface area (Å²) in [7, 11) is 0. The van der Waals surface area contributed by atoms with Crippen molar-refractivity contribution in [2.75, 3.05) is 6.61 Å². The normalized spacial score (nSPS) is 10.4. The van der Waals surface area contributed by atoms with Crippen molar-refractivity contribution in [3.05, 3.63) is 96.3 Å². The molecule has 33 heavy (non-hydrogen) atoms. The smallest absolute Gasteiger partial charge is 0.343 e. The van der Waals surface area contributed by atoms with Crippen LogP contribution in [-0.2, 0) is 20.7 Å². The van der Waals surface area contributed by atoms with Crippen LogP contribution in [0.5, 0.6) is 11.5 Å². The van der Waals surface area contributed by atoms with Crippen molar-refractivity contribution in [3.63, 3.8) is 0 Å². The molecular formula is C26H21FO6. The summed E-state index contributed by atoms with van der Waals surface area (Å²) in [5, 5.41) is 1.48. The van der Waals surface area contributed by atoms with E-state index in [1.807, 2.05) is 0 Å². The lowest BCUT2D eigenvalue weighted by Crippen LogP contribution is -2.10. The van der Waals surface area contributed by atoms with Crippen LogP contribution in [0.3, 0.4) is 0 Å². The number of halogens is 1. The Kier molecular flexibility index (Phi) is 7.35. The lowest BCUT2D eigenvalue weighted by atomic mass is 10.1. The van der Waals surface area contributed by atoms with E-state index in [0.29, 0.717) is 11.3 Å². The van der Waals surface area contributed by atoms with Gasteiger partial charge in [-0.1, -0.05) is 31.4 Å². The molecule has 0 unspecified atom stereocenters. The van der Waals surface area contributed by atoms with Crippen molar-refractivity contribution in [1.82, 2.24) is 0 Å². The Morgan fingerprint density at radius 2 is 1.61 bits per heavy atom. The van der Waals surface area contributed by atoms with E-state index in [9.17, 15) is 18.8 Å². The molecule has 7 heteroatoms. The number of esters is 3. The summed E-state index contributed by atoms with van der Waals surface area (Å²) in [5.74, 6) is -1.93. The molecule has 0 fully saturated rings. The highest BCUT2D eigenvalue weighted by Crippen LogP contribution is 2.24. The fourth-order valence-corrected chi connectivity index (χ4v) is 2.91. The molecule has 0 heterocycles. The maximum absolute atomic E-state index is 14.4. The molecule has 3 aromatic rings. The number of ether oxygens (including phenoxy) is 3. The monoisotopic (exact) mass is 448 g/mol. The molecule has 6 nitrogen and oxygen atoms in total. The van der Waals surface area contributed by atoms with Gasteiger partial charge in [-0.15, -0.1) is 0 Å². The lowest BCUT2D eigenvalue weighted by molar-refractivity contribution is -0.138. The molecule has 0 aromatic heterocycles. The van der Waals surface area contributed by atoms with Crippen LogP contribution in [0.2, 0.25) is 0 Å². The summed E-state index contributed by atoms with van der Waals surface area (Å²) in [6, 6.07) is 13.9. The Hall–Kier alpha value is -4.26. The van der Waals surface area contributed by atoms with Gasteiger partial charge >= 0.3 is 17.9 Å². The Bertz CT molecular complexity index is 1260. The quantitative estimate of drug-likeness (QED) is 0.276. The first-order chi connectivity index (χ1) is 15.8. The molecule has 168 valence electrons. The molecule has 0 atom stereocenters. The van der Waals surface area contributed by atoms with Crippen LogP contribution in [0.15, 0.2) is 79.4 Å². The van der Waals surface area contributed by atoms with Gasteiger partial charge in [0.05, 0.1) is 12.2 Å². The van der Waals surface area contributed by atoms with Crippen molar-refractivity contribution >= 4 is 28.7 Å². The van der Waals surface area contributed by atoms with E-state index < -0.39 is 23.7 Å². The van der Waals surface area contributed by atoms with Crippen molar-refractivity contribution < 1.29 is 33.0 Å². The first-order valence-corrected chi connectivity index (χ1v) is 9.98. The molecule has 0 spiro atoms. The lowest BCUT2D eigenvalue weighted by Gasteiger charge is -2.09. The first kappa shape index (κ1) is 23.4. The average molecular weight is 448 g/mol. The Morgan fingerprint density at radius 1 is 0.939 bits per heavy atom. The number of rotatable bonds is 8. The summed E-state index contributed by atoms with van der Waals surface area (Å²) >= 11 is 0. The van der Waals surface area contributed by atoms with Crippen LogP contribution in [0.4, 0.5) is 4.39 Å². The molecule has 0 N–H and O–H groups in total. The third-order valence-electron chi connectivity index (χ3n) is 4.62. The van der Waals surface area contributed by atoms with E-state index in [1.54, 1.807) is 36.4 Å². The van der Waals surface area contributed by atoms with Crippen molar-refractivity contribution in [1.29, 1.82) is 0 Å². The molecule has 0 amide bonds. The number of fused-ring (bicyclic) bond motifs is 1. The standard InChI is InChI=1S/C26H21FO6/c1-4-24(28)32-21-10-8-18-13-20(6-5-19(18)14-21)26(30)33-22-9-7-17(23(27)15-22)11-12-31-25(29)16(2)3/h4-10,13-15H,1-2,11-12H2,3H3. The van der Waals surface area contributed by atoms with E-state index in [4.69, 9.17) is 14.2 Å². The second-order valence-corrected chi connectivity index (χ2v) is 7.16. The SMILES string of the molecule is C=CC(=O)Oc1ccc2cc(C(=O)Oc3ccc(CCOC(=O)C(=C)C)c(F)c3)ccc2c1. The molecule has 0 aliphatic rings. The van der Waals surface area contributed by atoms with Crippen LogP contribution in [0, 0.1) is 5.82 Å². The fourth-order valence-electron chi connectivity index (χ4n) is 2.91. The summed E-state index contributed by atoms with van der Waals surface area (Å²) in [4.78, 5) is 35.2. The van der Waals surface area contributed by atoms with Gasteiger partial charge in [-0.3, -0.25) is 0 Å². The highest BCUT2D eigenvalue weighted by Gasteiger charge is 2.13. The summed E-state index contributed by atoms with van der Waals surface area (Å²) in [5.41, 5.74) is 0.862. The zero-order chi connectivity index (χ0) is 24.0. The van der Waals surface area contributed by atoms with E-state index in [0.717, 1.165) is 22.9 Å². The predicted molar refractivity (Wildman–Crippen MR) is 121 cm³/mol. The third-order valence-corrected chi connectivity index (χ3v) is 4.62. The summed E-state index contributed by atoms with van der Waals surface area (Å²) in [6.45, 7) is 8.36. The van der Waals surface area contributed by atoms with Crippen LogP contribution >= 0.6 is 0 Å². The van der Waals surface area contributed by atoms with Crippen molar-refractivity contribution in [2.24, 2.45) is 0 Å². The highest BCUT2D eigenvalue weighted by molar-refractivity contribution is 5.97. The van der Waals surface area contributed by atoms with Crippen molar-refractivity contribution in [3.8, 4) is 11.5 Å². The van der Waals surface area contributed by atoms with Crippen LogP contribution < -0.4 is 9.47 Å². The van der Waals surface area contributed by atoms with Gasteiger partial charge in [-0.2, -0.15) is 0 Å². The molecule has 0 bridgehead atoms. The summed E-state index contributed by atoms with van der Waals surface area (Å²) in [6.07, 6.45) is 1.24. The van der Waals surface area contributed by atoms with E-state index in [2.05, 4.69) is 13.2 Å². The van der Waals surface area contributed by atoms with Crippen molar-refractivity contribution in [2.45, 2.75) is 13.3 Å². The second kappa shape index (κ2) is 10.4. The number of carbonyl (C=O) groups excluding carboxylic acids is 3. The van der Waals surface area contributed by atoms with Gasteiger partial charge < -0.3 is 14.2 Å². The summed E-state index contributed by atoms with van der Waals surface area (Å²) < 4.78 is 29.7. The molecule has 0 aliphatic carbocycles. The van der Waals surface area contributed by atoms with Crippen LogP contribution in [0.1, 0.15) is 22.8 Å². The predicted octanol–water partition coefficient (Wildman–Crippen LogP) is 4.95. The molecule has 0 radical (unpaired) electrons. The highest BCUT2D eigenvalue weighted by atomic mass is 19.1. The second-order valence-electron chi connectivity index (χ2n) is 7.16. The maximum Gasteiger partial charge on any atom is 0.343 e. The topological polar surface area (TPSA) is 78.9 Å². The Balaban J connectivity index is 1.66. The van der Waals surface area contributed by atoms with Gasteiger partial charge in [0, 0.05) is 24.1 Å². The average Bonchev–Trinajstić information content (AvgIpc) is 2.79. The van der Waals surface area contributed by atoms with Gasteiger partial charge in [-0.25, -0.2) is 18.8 Å². The zero-order valence-electron chi connectivity index (χ0n) is 17.9. The molecule has 0 aliphatic heterocycles. The third kappa shape index (κ3) is 6.13. The van der Waals surface area contributed by atoms with Gasteiger partial charge in [-0.05, 0) is 53.6 Å². The maximum atomic E-state index is 14.4. The van der Waals surface area contributed by atoms with Crippen LogP contribution in [0.25, 0.3) is 10.8 Å².